The summed E-state index contributed by atoms with van der Waals surface area (Å²) in [5, 5.41) is 3.15. The Kier molecular flexibility index (Phi) is 9.50. The van der Waals surface area contributed by atoms with Crippen LogP contribution in [0.2, 0.25) is 5.02 Å². The van der Waals surface area contributed by atoms with Gasteiger partial charge in [0.2, 0.25) is 11.8 Å². The van der Waals surface area contributed by atoms with Crippen molar-refractivity contribution in [3.05, 3.63) is 95.5 Å². The third kappa shape index (κ3) is 6.86. The number of hydrogen-bond acceptors (Lipinski definition) is 4. The fourth-order valence-corrected chi connectivity index (χ4v) is 5.29. The van der Waals surface area contributed by atoms with Gasteiger partial charge < -0.3 is 10.2 Å². The van der Waals surface area contributed by atoms with Crippen molar-refractivity contribution in [2.75, 3.05) is 23.9 Å². The van der Waals surface area contributed by atoms with Crippen LogP contribution >= 0.6 is 11.6 Å². The highest BCUT2D eigenvalue weighted by molar-refractivity contribution is 7.92. The van der Waals surface area contributed by atoms with Gasteiger partial charge in [0.05, 0.1) is 10.6 Å². The molecule has 0 fully saturated rings. The molecule has 36 heavy (non-hydrogen) atoms. The van der Waals surface area contributed by atoms with Crippen molar-refractivity contribution in [2.45, 2.75) is 31.2 Å². The van der Waals surface area contributed by atoms with E-state index in [-0.39, 0.29) is 17.3 Å². The van der Waals surface area contributed by atoms with E-state index in [2.05, 4.69) is 5.32 Å². The summed E-state index contributed by atoms with van der Waals surface area (Å²) in [7, 11) is -4.10. The number of carbonyl (C=O) groups is 2. The summed E-state index contributed by atoms with van der Waals surface area (Å²) < 4.78 is 28.3. The number of anilines is 1. The monoisotopic (exact) mass is 527 g/mol. The largest absolute Gasteiger partial charge is 0.355 e. The van der Waals surface area contributed by atoms with Crippen molar-refractivity contribution < 1.29 is 18.0 Å². The van der Waals surface area contributed by atoms with E-state index >= 15 is 0 Å². The Morgan fingerprint density at radius 3 is 2.08 bits per heavy atom. The highest BCUT2D eigenvalue weighted by Gasteiger charge is 2.32. The second-order valence-corrected chi connectivity index (χ2v) is 10.5. The maximum Gasteiger partial charge on any atom is 0.264 e. The number of amides is 2. The maximum atomic E-state index is 13.6. The first-order valence-electron chi connectivity index (χ1n) is 11.7. The van der Waals surface area contributed by atoms with Gasteiger partial charge in [-0.05, 0) is 62.2 Å². The number of para-hydroxylation sites is 1. The summed E-state index contributed by atoms with van der Waals surface area (Å²) in [5.41, 5.74) is 1.35. The molecule has 0 aliphatic rings. The van der Waals surface area contributed by atoms with Gasteiger partial charge in [0, 0.05) is 18.1 Å². The summed E-state index contributed by atoms with van der Waals surface area (Å²) >= 11 is 5.95. The fraction of sp³-hybridized carbons (Fsp3) is 0.259. The number of sulfonamides is 1. The lowest BCUT2D eigenvalue weighted by Gasteiger charge is -2.32. The highest BCUT2D eigenvalue weighted by Crippen LogP contribution is 2.25. The van der Waals surface area contributed by atoms with E-state index in [4.69, 9.17) is 11.6 Å². The average molecular weight is 528 g/mol. The van der Waals surface area contributed by atoms with Crippen molar-refractivity contribution >= 4 is 39.1 Å². The van der Waals surface area contributed by atoms with E-state index in [0.29, 0.717) is 23.7 Å². The van der Waals surface area contributed by atoms with Gasteiger partial charge in [-0.2, -0.15) is 0 Å². The maximum absolute atomic E-state index is 13.6. The molecule has 2 amide bonds. The molecule has 0 saturated carbocycles. The molecule has 3 aromatic rings. The summed E-state index contributed by atoms with van der Waals surface area (Å²) in [5.74, 6) is -0.781. The van der Waals surface area contributed by atoms with Gasteiger partial charge in [-0.1, -0.05) is 60.1 Å². The summed E-state index contributed by atoms with van der Waals surface area (Å²) in [4.78, 5) is 27.8. The van der Waals surface area contributed by atoms with Crippen LogP contribution in [0.25, 0.3) is 0 Å². The van der Waals surface area contributed by atoms with E-state index in [1.807, 2.05) is 30.3 Å². The number of carbonyl (C=O) groups excluding carboxylic acids is 2. The predicted molar refractivity (Wildman–Crippen MR) is 142 cm³/mol. The standard InChI is InChI=1S/C27H30ClN3O4S/c1-3-29-27(33)21(2)30(19-18-22-10-6-4-7-11-22)26(32)20-31(24-12-8-5-9-13-24)36(34,35)25-16-14-23(28)15-17-25/h4-17,21H,3,18-20H2,1-2H3,(H,29,33)/t21-/m1/s1. The molecule has 0 bridgehead atoms. The van der Waals surface area contributed by atoms with Gasteiger partial charge >= 0.3 is 0 Å². The molecule has 0 aliphatic carbocycles. The topological polar surface area (TPSA) is 86.8 Å². The first-order chi connectivity index (χ1) is 17.2. The first-order valence-corrected chi connectivity index (χ1v) is 13.5. The van der Waals surface area contributed by atoms with Crippen LogP contribution in [-0.4, -0.2) is 50.8 Å². The number of halogens is 1. The van der Waals surface area contributed by atoms with E-state index < -0.39 is 28.5 Å². The number of nitrogens with zero attached hydrogens (tertiary/aromatic N) is 2. The van der Waals surface area contributed by atoms with Crippen LogP contribution in [0.1, 0.15) is 19.4 Å². The molecule has 3 aromatic carbocycles. The molecular weight excluding hydrogens is 498 g/mol. The Morgan fingerprint density at radius 2 is 1.50 bits per heavy atom. The first kappa shape index (κ1) is 27.2. The zero-order chi connectivity index (χ0) is 26.1. The van der Waals surface area contributed by atoms with Gasteiger partial charge in [-0.15, -0.1) is 0 Å². The van der Waals surface area contributed by atoms with Crippen LogP contribution in [0.3, 0.4) is 0 Å². The summed E-state index contributed by atoms with van der Waals surface area (Å²) in [6, 6.07) is 23.0. The molecule has 0 heterocycles. The highest BCUT2D eigenvalue weighted by atomic mass is 35.5. The average Bonchev–Trinajstić information content (AvgIpc) is 2.88. The van der Waals surface area contributed by atoms with Crippen molar-refractivity contribution in [2.24, 2.45) is 0 Å². The fourth-order valence-electron chi connectivity index (χ4n) is 3.75. The lowest BCUT2D eigenvalue weighted by atomic mass is 10.1. The quantitative estimate of drug-likeness (QED) is 0.406. The molecular formula is C27H30ClN3O4S. The molecule has 0 spiro atoms. The van der Waals surface area contributed by atoms with Gasteiger partial charge in [-0.3, -0.25) is 13.9 Å². The molecule has 7 nitrogen and oxygen atoms in total. The van der Waals surface area contributed by atoms with E-state index in [1.165, 1.54) is 29.2 Å². The zero-order valence-electron chi connectivity index (χ0n) is 20.3. The molecule has 0 unspecified atom stereocenters. The molecule has 0 saturated heterocycles. The SMILES string of the molecule is CCNC(=O)[C@@H](C)N(CCc1ccccc1)C(=O)CN(c1ccccc1)S(=O)(=O)c1ccc(Cl)cc1. The van der Waals surface area contributed by atoms with Gasteiger partial charge in [0.25, 0.3) is 10.0 Å². The van der Waals surface area contributed by atoms with E-state index in [1.54, 1.807) is 44.2 Å². The molecule has 9 heteroatoms. The Labute approximate surface area is 217 Å². The summed E-state index contributed by atoms with van der Waals surface area (Å²) in [6.07, 6.45) is 0.519. The Morgan fingerprint density at radius 1 is 0.917 bits per heavy atom. The normalized spacial score (nSPS) is 12.0. The van der Waals surface area contributed by atoms with Crippen LogP contribution in [0.15, 0.2) is 89.8 Å². The summed E-state index contributed by atoms with van der Waals surface area (Å²) in [6.45, 7) is 3.66. The second-order valence-electron chi connectivity index (χ2n) is 8.19. The number of rotatable bonds is 11. The van der Waals surface area contributed by atoms with Gasteiger partial charge in [0.15, 0.2) is 0 Å². The Hall–Kier alpha value is -3.36. The Bertz CT molecular complexity index is 1250. The van der Waals surface area contributed by atoms with E-state index in [0.717, 1.165) is 9.87 Å². The van der Waals surface area contributed by atoms with Crippen molar-refractivity contribution in [1.82, 2.24) is 10.2 Å². The van der Waals surface area contributed by atoms with Crippen molar-refractivity contribution in [1.29, 1.82) is 0 Å². The Balaban J connectivity index is 1.94. The number of likely N-dealkylation sites (N-methyl/N-ethyl adjacent to an activating group) is 1. The molecule has 0 radical (unpaired) electrons. The van der Waals surface area contributed by atoms with Crippen LogP contribution in [0.5, 0.6) is 0 Å². The molecule has 1 atom stereocenters. The lowest BCUT2D eigenvalue weighted by Crippen LogP contribution is -2.52. The van der Waals surface area contributed by atoms with Crippen molar-refractivity contribution in [3.63, 3.8) is 0 Å². The lowest BCUT2D eigenvalue weighted by molar-refractivity contribution is -0.138. The van der Waals surface area contributed by atoms with Crippen LogP contribution in [-0.2, 0) is 26.0 Å². The van der Waals surface area contributed by atoms with Gasteiger partial charge in [-0.25, -0.2) is 8.42 Å². The van der Waals surface area contributed by atoms with Crippen LogP contribution in [0.4, 0.5) is 5.69 Å². The van der Waals surface area contributed by atoms with Crippen LogP contribution < -0.4 is 9.62 Å². The molecule has 0 aliphatic heterocycles. The number of hydrogen-bond donors (Lipinski definition) is 1. The third-order valence-corrected chi connectivity index (χ3v) is 7.77. The van der Waals surface area contributed by atoms with Gasteiger partial charge in [0.1, 0.15) is 12.6 Å². The number of benzene rings is 3. The molecule has 3 rings (SSSR count). The van der Waals surface area contributed by atoms with Crippen LogP contribution in [0, 0.1) is 0 Å². The minimum absolute atomic E-state index is 0.0103. The predicted octanol–water partition coefficient (Wildman–Crippen LogP) is 4.13. The third-order valence-electron chi connectivity index (χ3n) is 5.73. The molecule has 1 N–H and O–H groups in total. The zero-order valence-corrected chi connectivity index (χ0v) is 21.9. The van der Waals surface area contributed by atoms with E-state index in [9.17, 15) is 18.0 Å². The second kappa shape index (κ2) is 12.6. The molecule has 0 aromatic heterocycles. The minimum Gasteiger partial charge on any atom is -0.355 e. The van der Waals surface area contributed by atoms with Crippen molar-refractivity contribution in [3.8, 4) is 0 Å². The minimum atomic E-state index is -4.10. The smallest absolute Gasteiger partial charge is 0.264 e. The number of nitrogens with one attached hydrogen (secondary N) is 1. The molecule has 190 valence electrons.